The van der Waals surface area contributed by atoms with Crippen molar-refractivity contribution < 1.29 is 19.1 Å². The van der Waals surface area contributed by atoms with Gasteiger partial charge in [0.25, 0.3) is 11.8 Å². The van der Waals surface area contributed by atoms with Gasteiger partial charge >= 0.3 is 0 Å². The highest BCUT2D eigenvalue weighted by atomic mass is 16.5. The van der Waals surface area contributed by atoms with E-state index in [2.05, 4.69) is 0 Å². The number of hydrogen-bond donors (Lipinski definition) is 0. The quantitative estimate of drug-likeness (QED) is 0.592. The van der Waals surface area contributed by atoms with Crippen LogP contribution in [0.3, 0.4) is 0 Å². The smallest absolute Gasteiger partial charge is 0.278 e. The second-order valence-electron chi connectivity index (χ2n) is 7.19. The van der Waals surface area contributed by atoms with E-state index in [1.54, 1.807) is 13.2 Å². The van der Waals surface area contributed by atoms with Gasteiger partial charge in [0.05, 0.1) is 31.9 Å². The fourth-order valence-corrected chi connectivity index (χ4v) is 3.57. The molecule has 0 radical (unpaired) electrons. The average Bonchev–Trinajstić information content (AvgIpc) is 2.99. The minimum Gasteiger partial charge on any atom is -0.496 e. The van der Waals surface area contributed by atoms with Gasteiger partial charge in [-0.15, -0.1) is 0 Å². The van der Waals surface area contributed by atoms with Crippen molar-refractivity contribution in [2.45, 2.75) is 26.9 Å². The molecular formula is C24H28N2O4. The minimum absolute atomic E-state index is 0.0235. The van der Waals surface area contributed by atoms with Gasteiger partial charge in [-0.25, -0.2) is 0 Å². The van der Waals surface area contributed by atoms with Crippen LogP contribution in [0.25, 0.3) is 5.57 Å². The Morgan fingerprint density at radius 3 is 2.27 bits per heavy atom. The van der Waals surface area contributed by atoms with Gasteiger partial charge in [0.15, 0.2) is 0 Å². The number of carbonyl (C=O) groups is 2. The van der Waals surface area contributed by atoms with Gasteiger partial charge in [-0.2, -0.15) is 0 Å². The molecule has 0 atom stereocenters. The predicted octanol–water partition coefficient (Wildman–Crippen LogP) is 3.73. The van der Waals surface area contributed by atoms with Gasteiger partial charge in [-0.1, -0.05) is 36.4 Å². The maximum absolute atomic E-state index is 13.5. The highest BCUT2D eigenvalue weighted by molar-refractivity contribution is 6.37. The summed E-state index contributed by atoms with van der Waals surface area (Å²) >= 11 is 0. The number of amides is 2. The molecule has 2 amide bonds. The van der Waals surface area contributed by atoms with Gasteiger partial charge in [-0.05, 0) is 39.0 Å². The molecule has 2 aromatic rings. The predicted molar refractivity (Wildman–Crippen MR) is 117 cm³/mol. The van der Waals surface area contributed by atoms with E-state index in [9.17, 15) is 9.59 Å². The van der Waals surface area contributed by atoms with E-state index >= 15 is 0 Å². The van der Waals surface area contributed by atoms with Gasteiger partial charge in [0, 0.05) is 17.8 Å². The molecule has 0 fully saturated rings. The maximum Gasteiger partial charge on any atom is 0.278 e. The van der Waals surface area contributed by atoms with Crippen LogP contribution in [0.1, 0.15) is 26.3 Å². The van der Waals surface area contributed by atoms with Crippen LogP contribution in [0.5, 0.6) is 5.75 Å². The number of imide groups is 1. The summed E-state index contributed by atoms with van der Waals surface area (Å²) in [6.45, 7) is 6.83. The number of methoxy groups -OCH3 is 1. The summed E-state index contributed by atoms with van der Waals surface area (Å²) in [5, 5.41) is 0. The number of anilines is 1. The van der Waals surface area contributed by atoms with Crippen molar-refractivity contribution in [1.29, 1.82) is 0 Å². The Labute approximate surface area is 177 Å². The van der Waals surface area contributed by atoms with Crippen molar-refractivity contribution in [3.63, 3.8) is 0 Å². The molecule has 0 spiro atoms. The molecule has 158 valence electrons. The minimum atomic E-state index is -0.332. The molecule has 2 aromatic carbocycles. The van der Waals surface area contributed by atoms with Crippen LogP contribution in [0.15, 0.2) is 60.3 Å². The van der Waals surface area contributed by atoms with Gasteiger partial charge in [-0.3, -0.25) is 14.5 Å². The van der Waals surface area contributed by atoms with Crippen LogP contribution < -0.4 is 9.64 Å². The summed E-state index contributed by atoms with van der Waals surface area (Å²) in [7, 11) is 1.56. The van der Waals surface area contributed by atoms with Crippen LogP contribution in [-0.4, -0.2) is 49.6 Å². The summed E-state index contributed by atoms with van der Waals surface area (Å²) in [5.41, 5.74) is 2.18. The highest BCUT2D eigenvalue weighted by Crippen LogP contribution is 2.37. The molecule has 0 N–H and O–H groups in total. The van der Waals surface area contributed by atoms with E-state index in [4.69, 9.17) is 9.47 Å². The highest BCUT2D eigenvalue weighted by Gasteiger charge is 2.42. The fourth-order valence-electron chi connectivity index (χ4n) is 3.57. The number of likely N-dealkylation sites (N-methyl/N-ethyl adjacent to an activating group) is 1. The lowest BCUT2D eigenvalue weighted by atomic mass is 10.0. The molecule has 0 saturated heterocycles. The topological polar surface area (TPSA) is 59.1 Å². The number of ether oxygens (including phenoxy) is 2. The molecule has 0 saturated carbocycles. The maximum atomic E-state index is 13.5. The third-order valence-corrected chi connectivity index (χ3v) is 4.94. The van der Waals surface area contributed by atoms with Gasteiger partial charge < -0.3 is 14.4 Å². The van der Waals surface area contributed by atoms with Crippen molar-refractivity contribution in [3.05, 3.63) is 65.9 Å². The van der Waals surface area contributed by atoms with Crippen LogP contribution in [0.2, 0.25) is 0 Å². The van der Waals surface area contributed by atoms with Crippen LogP contribution >= 0.6 is 0 Å². The van der Waals surface area contributed by atoms with Crippen molar-refractivity contribution in [2.75, 3.05) is 31.7 Å². The first-order valence-electron chi connectivity index (χ1n) is 10.2. The van der Waals surface area contributed by atoms with E-state index in [-0.39, 0.29) is 24.5 Å². The Bertz CT molecular complexity index is 937. The second kappa shape index (κ2) is 9.59. The largest absolute Gasteiger partial charge is 0.496 e. The Balaban J connectivity index is 2.11. The van der Waals surface area contributed by atoms with Crippen LogP contribution in [0.4, 0.5) is 5.69 Å². The fraction of sp³-hybridized carbons (Fsp3) is 0.333. The Morgan fingerprint density at radius 2 is 1.63 bits per heavy atom. The van der Waals surface area contributed by atoms with E-state index < -0.39 is 0 Å². The number of benzene rings is 2. The van der Waals surface area contributed by atoms with Gasteiger partial charge in [0.1, 0.15) is 11.4 Å². The molecular weight excluding hydrogens is 380 g/mol. The third-order valence-electron chi connectivity index (χ3n) is 4.94. The zero-order chi connectivity index (χ0) is 21.7. The molecule has 6 heteroatoms. The molecule has 1 heterocycles. The first kappa shape index (κ1) is 21.6. The Kier molecular flexibility index (Phi) is 6.90. The summed E-state index contributed by atoms with van der Waals surface area (Å²) < 4.78 is 11.1. The molecule has 3 rings (SSSR count). The molecule has 1 aliphatic rings. The summed E-state index contributed by atoms with van der Waals surface area (Å²) in [5.74, 6) is -0.101. The van der Waals surface area contributed by atoms with Crippen molar-refractivity contribution in [1.82, 2.24) is 4.90 Å². The SMILES string of the molecule is CCN(C1=C(c2ccccc2OC)C(=O)N(CCOC(C)C)C1=O)c1ccccc1. The lowest BCUT2D eigenvalue weighted by molar-refractivity contribution is -0.138. The second-order valence-corrected chi connectivity index (χ2v) is 7.19. The van der Waals surface area contributed by atoms with E-state index in [0.717, 1.165) is 5.69 Å². The lowest BCUT2D eigenvalue weighted by Gasteiger charge is -2.25. The summed E-state index contributed by atoms with van der Waals surface area (Å²) in [4.78, 5) is 30.0. The van der Waals surface area contributed by atoms with E-state index in [0.29, 0.717) is 35.7 Å². The average molecular weight is 408 g/mol. The number of para-hydroxylation sites is 2. The van der Waals surface area contributed by atoms with Gasteiger partial charge in [0.2, 0.25) is 0 Å². The zero-order valence-corrected chi connectivity index (χ0v) is 17.9. The number of rotatable bonds is 9. The van der Waals surface area contributed by atoms with Crippen molar-refractivity contribution in [2.24, 2.45) is 0 Å². The monoisotopic (exact) mass is 408 g/mol. The van der Waals surface area contributed by atoms with E-state index in [1.807, 2.05) is 74.2 Å². The lowest BCUT2D eigenvalue weighted by Crippen LogP contribution is -2.37. The number of nitrogens with zero attached hydrogens (tertiary/aromatic N) is 2. The Hall–Kier alpha value is -3.12. The van der Waals surface area contributed by atoms with Crippen molar-refractivity contribution >= 4 is 23.1 Å². The molecule has 0 aliphatic carbocycles. The molecule has 6 nitrogen and oxygen atoms in total. The molecule has 0 aromatic heterocycles. The summed E-state index contributed by atoms with van der Waals surface area (Å²) in [6, 6.07) is 16.9. The van der Waals surface area contributed by atoms with E-state index in [1.165, 1.54) is 4.90 Å². The third kappa shape index (κ3) is 4.24. The molecule has 30 heavy (non-hydrogen) atoms. The first-order chi connectivity index (χ1) is 14.5. The standard InChI is InChI=1S/C24H28N2O4/c1-5-25(18-11-7-6-8-12-18)22-21(19-13-9-10-14-20(19)29-4)23(27)26(24(22)28)15-16-30-17(2)3/h6-14,17H,5,15-16H2,1-4H3. The normalized spacial score (nSPS) is 14.1. The zero-order valence-electron chi connectivity index (χ0n) is 17.9. The summed E-state index contributed by atoms with van der Waals surface area (Å²) in [6.07, 6.45) is 0.0235. The number of hydrogen-bond acceptors (Lipinski definition) is 5. The molecule has 0 bridgehead atoms. The first-order valence-corrected chi connectivity index (χ1v) is 10.2. The van der Waals surface area contributed by atoms with Crippen LogP contribution in [0, 0.1) is 0 Å². The Morgan fingerprint density at radius 1 is 0.967 bits per heavy atom. The van der Waals surface area contributed by atoms with Crippen molar-refractivity contribution in [3.8, 4) is 5.75 Å². The van der Waals surface area contributed by atoms with Crippen LogP contribution in [-0.2, 0) is 14.3 Å². The molecule has 1 aliphatic heterocycles. The number of carbonyl (C=O) groups excluding carboxylic acids is 2. The molecule has 0 unspecified atom stereocenters.